The van der Waals surface area contributed by atoms with Crippen LogP contribution in [0, 0.1) is 0 Å². The maximum atomic E-state index is 12.3. The van der Waals surface area contributed by atoms with E-state index in [0.717, 1.165) is 0 Å². The number of rotatable bonds is 6. The van der Waals surface area contributed by atoms with Gasteiger partial charge in [0, 0.05) is 20.3 Å². The Balaban J connectivity index is 2.26. The monoisotopic (exact) mass is 342 g/mol. The average molecular weight is 342 g/mol. The molecule has 1 aliphatic rings. The minimum absolute atomic E-state index is 0.118. The van der Waals surface area contributed by atoms with Gasteiger partial charge in [-0.1, -0.05) is 30.0 Å². The van der Waals surface area contributed by atoms with Gasteiger partial charge in [0.05, 0.1) is 10.1 Å². The lowest BCUT2D eigenvalue weighted by Crippen LogP contribution is -2.33. The Morgan fingerprint density at radius 1 is 1.32 bits per heavy atom. The molecule has 0 bridgehead atoms. The van der Waals surface area contributed by atoms with Gasteiger partial charge in [-0.3, -0.25) is 9.69 Å². The molecule has 1 aliphatic heterocycles. The van der Waals surface area contributed by atoms with E-state index in [4.69, 9.17) is 4.74 Å². The molecule has 1 aromatic carbocycles. The molecule has 22 heavy (non-hydrogen) atoms. The Kier molecular flexibility index (Phi) is 5.60. The molecule has 6 nitrogen and oxygen atoms in total. The molecule has 1 aromatic rings. The van der Waals surface area contributed by atoms with Gasteiger partial charge in [-0.15, -0.1) is 4.40 Å². The van der Waals surface area contributed by atoms with Crippen LogP contribution in [0.5, 0.6) is 0 Å². The zero-order chi connectivity index (χ0) is 16.2. The highest BCUT2D eigenvalue weighted by Crippen LogP contribution is 2.28. The largest absolute Gasteiger partial charge is 0.385 e. The molecule has 1 amide bonds. The molecule has 1 atom stereocenters. The number of methoxy groups -OCH3 is 1. The number of hydrogen-bond acceptors (Lipinski definition) is 5. The van der Waals surface area contributed by atoms with Crippen molar-refractivity contribution in [2.24, 2.45) is 4.40 Å². The summed E-state index contributed by atoms with van der Waals surface area (Å²) in [5, 5.41) is -0.0928. The van der Waals surface area contributed by atoms with Gasteiger partial charge in [0.25, 0.3) is 10.0 Å². The van der Waals surface area contributed by atoms with Crippen molar-refractivity contribution in [3.63, 3.8) is 0 Å². The summed E-state index contributed by atoms with van der Waals surface area (Å²) < 4.78 is 33.4. The molecular formula is C14H18N2O4S2. The van der Waals surface area contributed by atoms with Crippen LogP contribution in [0.1, 0.15) is 13.3 Å². The molecule has 0 aliphatic carbocycles. The van der Waals surface area contributed by atoms with Crippen LogP contribution in [0.15, 0.2) is 39.6 Å². The highest BCUT2D eigenvalue weighted by molar-refractivity contribution is 8.16. The van der Waals surface area contributed by atoms with Crippen LogP contribution in [0.4, 0.5) is 0 Å². The predicted molar refractivity (Wildman–Crippen MR) is 86.3 cm³/mol. The van der Waals surface area contributed by atoms with E-state index in [1.165, 1.54) is 28.8 Å². The van der Waals surface area contributed by atoms with Gasteiger partial charge in [0.15, 0.2) is 5.17 Å². The smallest absolute Gasteiger partial charge is 0.284 e. The summed E-state index contributed by atoms with van der Waals surface area (Å²) in [6.07, 6.45) is 0.625. The van der Waals surface area contributed by atoms with Gasteiger partial charge in [0.2, 0.25) is 5.91 Å². The van der Waals surface area contributed by atoms with Crippen LogP contribution in [0.2, 0.25) is 0 Å². The molecule has 0 N–H and O–H groups in total. The molecule has 1 fully saturated rings. The van der Waals surface area contributed by atoms with Crippen LogP contribution in [0.25, 0.3) is 0 Å². The highest BCUT2D eigenvalue weighted by atomic mass is 32.2. The van der Waals surface area contributed by atoms with Gasteiger partial charge in [-0.25, -0.2) is 0 Å². The van der Waals surface area contributed by atoms with E-state index in [-0.39, 0.29) is 21.2 Å². The topological polar surface area (TPSA) is 76.0 Å². The van der Waals surface area contributed by atoms with E-state index in [1.807, 2.05) is 0 Å². The van der Waals surface area contributed by atoms with E-state index < -0.39 is 10.0 Å². The van der Waals surface area contributed by atoms with Gasteiger partial charge in [-0.2, -0.15) is 8.42 Å². The number of benzene rings is 1. The first-order chi connectivity index (χ1) is 10.5. The van der Waals surface area contributed by atoms with Crippen LogP contribution < -0.4 is 0 Å². The Hall–Kier alpha value is -1.38. The number of sulfonamides is 1. The second-order valence-electron chi connectivity index (χ2n) is 4.76. The fraction of sp³-hybridized carbons (Fsp3) is 0.429. The molecule has 0 radical (unpaired) electrons. The number of nitrogens with zero attached hydrogens (tertiary/aromatic N) is 2. The lowest BCUT2D eigenvalue weighted by Gasteiger charge is -2.15. The van der Waals surface area contributed by atoms with Crippen LogP contribution in [-0.2, 0) is 19.6 Å². The fourth-order valence-electron chi connectivity index (χ4n) is 1.98. The number of carbonyl (C=O) groups excluding carboxylic acids is 1. The summed E-state index contributed by atoms with van der Waals surface area (Å²) in [5.74, 6) is -0.122. The number of hydrogen-bond donors (Lipinski definition) is 0. The summed E-state index contributed by atoms with van der Waals surface area (Å²) in [4.78, 5) is 13.7. The molecule has 8 heteroatoms. The van der Waals surface area contributed by atoms with Gasteiger partial charge < -0.3 is 4.74 Å². The van der Waals surface area contributed by atoms with Gasteiger partial charge >= 0.3 is 0 Å². The number of carbonyl (C=O) groups is 1. The summed E-state index contributed by atoms with van der Waals surface area (Å²) in [5.41, 5.74) is 0. The maximum absolute atomic E-state index is 12.3. The Labute approximate surface area is 134 Å². The van der Waals surface area contributed by atoms with Crippen molar-refractivity contribution >= 4 is 32.9 Å². The quantitative estimate of drug-likeness (QED) is 0.736. The summed E-state index contributed by atoms with van der Waals surface area (Å²) in [6.45, 7) is 2.64. The third kappa shape index (κ3) is 3.88. The van der Waals surface area contributed by atoms with Crippen molar-refractivity contribution in [1.82, 2.24) is 4.90 Å². The van der Waals surface area contributed by atoms with Crippen molar-refractivity contribution in [2.45, 2.75) is 23.5 Å². The first-order valence-electron chi connectivity index (χ1n) is 6.82. The van der Waals surface area contributed by atoms with Crippen LogP contribution >= 0.6 is 11.8 Å². The first-order valence-corrected chi connectivity index (χ1v) is 9.14. The van der Waals surface area contributed by atoms with E-state index in [0.29, 0.717) is 19.6 Å². The molecule has 0 spiro atoms. The third-order valence-electron chi connectivity index (χ3n) is 3.10. The Morgan fingerprint density at radius 3 is 2.64 bits per heavy atom. The standard InChI is InChI=1S/C14H18N2O4S2/c1-11-13(17)16(9-6-10-20-2)14(21-11)15-22(18,19)12-7-4-3-5-8-12/h3-5,7-8,11H,6,9-10H2,1-2H3/b15-14-. The first kappa shape index (κ1) is 17.0. The Morgan fingerprint density at radius 2 is 2.00 bits per heavy atom. The average Bonchev–Trinajstić information content (AvgIpc) is 2.75. The Bertz CT molecular complexity index is 659. The maximum Gasteiger partial charge on any atom is 0.284 e. The molecule has 0 saturated carbocycles. The molecule has 2 rings (SSSR count). The summed E-state index contributed by atoms with van der Waals surface area (Å²) in [7, 11) is -2.23. The van der Waals surface area contributed by atoms with Crippen LogP contribution in [0.3, 0.4) is 0 Å². The number of thioether (sulfide) groups is 1. The second kappa shape index (κ2) is 7.26. The van der Waals surface area contributed by atoms with Crippen molar-refractivity contribution in [3.8, 4) is 0 Å². The lowest BCUT2D eigenvalue weighted by atomic mass is 10.3. The van der Waals surface area contributed by atoms with E-state index in [9.17, 15) is 13.2 Å². The minimum Gasteiger partial charge on any atom is -0.385 e. The zero-order valence-corrected chi connectivity index (χ0v) is 14.1. The number of ether oxygens (including phenoxy) is 1. The minimum atomic E-state index is -3.81. The second-order valence-corrected chi connectivity index (χ2v) is 7.67. The molecule has 1 saturated heterocycles. The molecule has 1 heterocycles. The van der Waals surface area contributed by atoms with E-state index >= 15 is 0 Å². The normalized spacial score (nSPS) is 20.8. The van der Waals surface area contributed by atoms with Crippen molar-refractivity contribution in [3.05, 3.63) is 30.3 Å². The summed E-state index contributed by atoms with van der Waals surface area (Å²) >= 11 is 1.17. The summed E-state index contributed by atoms with van der Waals surface area (Å²) in [6, 6.07) is 7.98. The van der Waals surface area contributed by atoms with E-state index in [2.05, 4.69) is 4.40 Å². The molecule has 120 valence electrons. The van der Waals surface area contributed by atoms with Crippen molar-refractivity contribution < 1.29 is 17.9 Å². The molecular weight excluding hydrogens is 324 g/mol. The van der Waals surface area contributed by atoms with Crippen LogP contribution in [-0.4, -0.2) is 49.9 Å². The van der Waals surface area contributed by atoms with Crippen molar-refractivity contribution in [1.29, 1.82) is 0 Å². The SMILES string of the molecule is COCCCN1C(=O)C(C)S/C1=N\S(=O)(=O)c1ccccc1. The number of amides is 1. The van der Waals surface area contributed by atoms with Crippen molar-refractivity contribution in [2.75, 3.05) is 20.3 Å². The fourth-order valence-corrected chi connectivity index (χ4v) is 4.21. The molecule has 1 unspecified atom stereocenters. The van der Waals surface area contributed by atoms with E-state index in [1.54, 1.807) is 32.2 Å². The number of amidine groups is 1. The zero-order valence-electron chi connectivity index (χ0n) is 12.4. The molecule has 0 aromatic heterocycles. The highest BCUT2D eigenvalue weighted by Gasteiger charge is 2.36. The predicted octanol–water partition coefficient (Wildman–Crippen LogP) is 1.73. The third-order valence-corrected chi connectivity index (χ3v) is 5.57. The lowest BCUT2D eigenvalue weighted by molar-refractivity contribution is -0.126. The van der Waals surface area contributed by atoms with Gasteiger partial charge in [0.1, 0.15) is 0 Å². The van der Waals surface area contributed by atoms with Gasteiger partial charge in [-0.05, 0) is 25.5 Å².